The summed E-state index contributed by atoms with van der Waals surface area (Å²) in [6.45, 7) is 8.37. The maximum absolute atomic E-state index is 12.4. The maximum Gasteiger partial charge on any atom is 0.359 e. The molecule has 0 saturated carbocycles. The number of carboxylic acid groups (broad SMARTS) is 1. The van der Waals surface area contributed by atoms with Crippen LogP contribution in [-0.4, -0.2) is 85.4 Å². The van der Waals surface area contributed by atoms with Crippen molar-refractivity contribution in [2.45, 2.75) is 101 Å². The fourth-order valence-corrected chi connectivity index (χ4v) is 8.83. The summed E-state index contributed by atoms with van der Waals surface area (Å²) in [6.07, 6.45) is 10.2. The van der Waals surface area contributed by atoms with Crippen molar-refractivity contribution >= 4 is 75.9 Å². The van der Waals surface area contributed by atoms with Gasteiger partial charge in [0.25, 0.3) is 21.9 Å². The Hall–Kier alpha value is -4.26. The molecule has 3 aliphatic rings. The predicted octanol–water partition coefficient (Wildman–Crippen LogP) is 3.79. The van der Waals surface area contributed by atoms with Crippen LogP contribution < -0.4 is 14.8 Å². The number of aliphatic carboxylic acids is 1. The Bertz CT molecular complexity index is 2200. The van der Waals surface area contributed by atoms with E-state index in [2.05, 4.69) is 0 Å². The number of thioether (sulfide) groups is 1. The molecule has 4 N–H and O–H groups in total. The number of carboxylic acids is 1. The van der Waals surface area contributed by atoms with Crippen molar-refractivity contribution in [3.05, 3.63) is 59.6 Å². The fraction of sp³-hybridized carbons (Fsp3) is 0.486. The Morgan fingerprint density at radius 3 is 2.37 bits per heavy atom. The third kappa shape index (κ3) is 10.4. The number of fused-ring (bicyclic) bond motifs is 2. The predicted molar refractivity (Wildman–Crippen MR) is 210 cm³/mol. The highest BCUT2D eigenvalue weighted by molar-refractivity contribution is 7.99. The van der Waals surface area contributed by atoms with Crippen molar-refractivity contribution in [1.82, 2.24) is 10.0 Å². The van der Waals surface area contributed by atoms with Gasteiger partial charge in [0.15, 0.2) is 5.71 Å². The number of aryl methyl sites for hydroxylation is 1. The van der Waals surface area contributed by atoms with Crippen LogP contribution in [-0.2, 0) is 56.1 Å². The van der Waals surface area contributed by atoms with Gasteiger partial charge in [-0.05, 0) is 68.8 Å². The Morgan fingerprint density at radius 2 is 1.72 bits per heavy atom. The SMILES string of the molecule is CC1(C)C(/C=C/C=C2\N(CCCS(=O)(=O)O)c3ncc(SCCC(=O)ON4C(=O)CCC4=O)cc3C2(C)C)=Nc2c1cc(P(=O)(O)O)c[n+]2CCCCCC(=O)O. The molecular weight excluding hydrogens is 802 g/mol. The maximum atomic E-state index is 12.4. The molecule has 2 amide bonds. The van der Waals surface area contributed by atoms with Crippen molar-refractivity contribution < 1.29 is 61.0 Å². The molecule has 0 unspecified atom stereocenters. The lowest BCUT2D eigenvalue weighted by Crippen LogP contribution is -2.39. The summed E-state index contributed by atoms with van der Waals surface area (Å²) >= 11 is 1.33. The van der Waals surface area contributed by atoms with Gasteiger partial charge in [-0.1, -0.05) is 19.9 Å². The second-order valence-electron chi connectivity index (χ2n) is 15.0. The Morgan fingerprint density at radius 1 is 1.02 bits per heavy atom. The topological polar surface area (TPSA) is 245 Å². The van der Waals surface area contributed by atoms with Gasteiger partial charge in [-0.25, -0.2) is 14.3 Å². The lowest BCUT2D eigenvalue weighted by atomic mass is 9.82. The standard InChI is InChI=1S/C37H46N5O12PS2/c1-36(2)26-20-24(55(48,49)50)23-40(16-7-5-6-12-32(45)46)35(26)39-28(36)10-8-11-29-37(3,4)27-21-25(22-38-34(27)41(29)17-9-19-57(51,52)53)56-18-15-33(47)54-42-30(43)13-14-31(42)44/h8,10-11,20-23H,5-7,9,12-19H2,1-4H3,(H3-,45,46,48,49,50,51,52,53)/p+1. The van der Waals surface area contributed by atoms with Gasteiger partial charge in [-0.15, -0.1) is 16.8 Å². The normalized spacial score (nSPS) is 18.1. The number of imide groups is 1. The van der Waals surface area contributed by atoms with Crippen LogP contribution >= 0.6 is 19.4 Å². The molecule has 5 heterocycles. The van der Waals surface area contributed by atoms with Crippen LogP contribution in [0.15, 0.2) is 58.3 Å². The summed E-state index contributed by atoms with van der Waals surface area (Å²) in [7, 11) is -8.85. The molecule has 0 aliphatic carbocycles. The minimum Gasteiger partial charge on any atom is -0.481 e. The van der Waals surface area contributed by atoms with Gasteiger partial charge in [-0.3, -0.25) is 23.5 Å². The smallest absolute Gasteiger partial charge is 0.359 e. The number of allylic oxidation sites excluding steroid dienone is 4. The van der Waals surface area contributed by atoms with Gasteiger partial charge in [0.2, 0.25) is 0 Å². The minimum atomic E-state index is -4.63. The summed E-state index contributed by atoms with van der Waals surface area (Å²) in [5.41, 5.74) is 1.43. The highest BCUT2D eigenvalue weighted by Gasteiger charge is 2.44. The number of nitrogens with zero attached hydrogens (tertiary/aromatic N) is 5. The molecular formula is C37H47N5O12PS2+. The van der Waals surface area contributed by atoms with Gasteiger partial charge in [0, 0.05) is 59.3 Å². The molecule has 308 valence electrons. The molecule has 0 spiro atoms. The number of hydrogen-bond acceptors (Lipinski definition) is 12. The number of carbonyl (C=O) groups excluding carboxylic acids is 3. The quantitative estimate of drug-likeness (QED) is 0.0416. The fourth-order valence-electron chi connectivity index (χ4n) is 6.91. The first-order chi connectivity index (χ1) is 26.6. The Kier molecular flexibility index (Phi) is 13.3. The van der Waals surface area contributed by atoms with Crippen LogP contribution in [0.25, 0.3) is 0 Å². The second kappa shape index (κ2) is 17.3. The van der Waals surface area contributed by atoms with Crippen LogP contribution in [0.4, 0.5) is 11.6 Å². The summed E-state index contributed by atoms with van der Waals surface area (Å²) in [5.74, 6) is -1.76. The third-order valence-corrected chi connectivity index (χ3v) is 12.7. The molecule has 0 atom stereocenters. The molecule has 57 heavy (non-hydrogen) atoms. The number of aliphatic imine (C=N–C) groups is 1. The number of carbonyl (C=O) groups is 4. The van der Waals surface area contributed by atoms with Crippen LogP contribution in [0, 0.1) is 0 Å². The summed E-state index contributed by atoms with van der Waals surface area (Å²) in [5, 5.41) is 9.35. The number of hydroxylamine groups is 2. The molecule has 17 nitrogen and oxygen atoms in total. The van der Waals surface area contributed by atoms with E-state index in [0.29, 0.717) is 53.8 Å². The molecule has 3 aliphatic heterocycles. The largest absolute Gasteiger partial charge is 0.481 e. The number of amides is 2. The van der Waals surface area contributed by atoms with E-state index in [0.717, 1.165) is 16.2 Å². The average Bonchev–Trinajstić information content (AvgIpc) is 3.64. The van der Waals surface area contributed by atoms with Crippen LogP contribution in [0.1, 0.15) is 90.2 Å². The number of unbranched alkanes of at least 4 members (excludes halogenated alkanes) is 2. The zero-order chi connectivity index (χ0) is 41.9. The van der Waals surface area contributed by atoms with E-state index in [9.17, 15) is 46.5 Å². The first-order valence-electron chi connectivity index (χ1n) is 18.4. The Balaban J connectivity index is 1.39. The molecule has 1 fully saturated rings. The molecule has 1 saturated heterocycles. The lowest BCUT2D eigenvalue weighted by molar-refractivity contribution is -0.684. The number of rotatable bonds is 18. The van der Waals surface area contributed by atoms with E-state index in [4.69, 9.17) is 19.9 Å². The zero-order valence-corrected chi connectivity index (χ0v) is 34.6. The first kappa shape index (κ1) is 43.9. The van der Waals surface area contributed by atoms with Crippen LogP contribution in [0.5, 0.6) is 0 Å². The summed E-state index contributed by atoms with van der Waals surface area (Å²) in [4.78, 5) is 84.3. The van der Waals surface area contributed by atoms with Crippen molar-refractivity contribution in [1.29, 1.82) is 0 Å². The summed E-state index contributed by atoms with van der Waals surface area (Å²) < 4.78 is 46.8. The monoisotopic (exact) mass is 848 g/mol. The first-order valence-corrected chi connectivity index (χ1v) is 22.6. The van der Waals surface area contributed by atoms with E-state index in [1.54, 1.807) is 10.8 Å². The second-order valence-corrected chi connectivity index (χ2v) is 19.4. The molecule has 5 rings (SSSR count). The van der Waals surface area contributed by atoms with Crippen molar-refractivity contribution in [2.75, 3.05) is 23.0 Å². The van der Waals surface area contributed by atoms with E-state index in [1.807, 2.05) is 56.9 Å². The molecule has 0 radical (unpaired) electrons. The van der Waals surface area contributed by atoms with Crippen molar-refractivity contribution in [3.8, 4) is 0 Å². The molecule has 2 aromatic heterocycles. The van der Waals surface area contributed by atoms with Crippen molar-refractivity contribution in [3.63, 3.8) is 0 Å². The number of hydrogen-bond donors (Lipinski definition) is 4. The van der Waals surface area contributed by atoms with Crippen LogP contribution in [0.3, 0.4) is 0 Å². The van der Waals surface area contributed by atoms with Crippen LogP contribution in [0.2, 0.25) is 0 Å². The molecule has 20 heteroatoms. The van der Waals surface area contributed by atoms with E-state index in [-0.39, 0.29) is 49.7 Å². The van der Waals surface area contributed by atoms with Gasteiger partial charge < -0.3 is 24.6 Å². The Labute approximate surface area is 334 Å². The minimum absolute atomic E-state index is 0.00000374. The van der Waals surface area contributed by atoms with Gasteiger partial charge in [-0.2, -0.15) is 8.42 Å². The van der Waals surface area contributed by atoms with E-state index in [1.165, 1.54) is 24.0 Å². The van der Waals surface area contributed by atoms with E-state index >= 15 is 0 Å². The summed E-state index contributed by atoms with van der Waals surface area (Å²) in [6, 6.07) is 3.42. The highest BCUT2D eigenvalue weighted by Crippen LogP contribution is 2.48. The van der Waals surface area contributed by atoms with Crippen molar-refractivity contribution in [2.24, 2.45) is 4.99 Å². The lowest BCUT2D eigenvalue weighted by Gasteiger charge is -2.26. The number of aromatic nitrogens is 2. The zero-order valence-electron chi connectivity index (χ0n) is 32.1. The van der Waals surface area contributed by atoms with E-state index < -0.39 is 58.0 Å². The van der Waals surface area contributed by atoms with Gasteiger partial charge >= 0.3 is 25.4 Å². The number of pyridine rings is 2. The third-order valence-electron chi connectivity index (χ3n) is 10.0. The average molecular weight is 849 g/mol. The molecule has 0 aromatic carbocycles. The molecule has 2 aromatic rings. The number of anilines is 1. The highest BCUT2D eigenvalue weighted by atomic mass is 32.2. The van der Waals surface area contributed by atoms with Gasteiger partial charge in [0.05, 0.1) is 29.7 Å². The molecule has 0 bridgehead atoms. The van der Waals surface area contributed by atoms with Gasteiger partial charge in [0.1, 0.15) is 17.3 Å².